The number of Topliss-reactive ketones (excluding diaryl/α,β-unsaturated/α-hetero) is 2. The molecular formula is C84H109N15O8. The molecule has 2 aliphatic carbocycles. The zero-order valence-corrected chi connectivity index (χ0v) is 63.0. The van der Waals surface area contributed by atoms with Crippen LogP contribution in [0.4, 0.5) is 11.6 Å². The van der Waals surface area contributed by atoms with Gasteiger partial charge < -0.3 is 40.4 Å². The first-order chi connectivity index (χ1) is 52.2. The fourth-order valence-corrected chi connectivity index (χ4v) is 15.9. The fourth-order valence-electron chi connectivity index (χ4n) is 15.9. The number of carbonyl (C=O) groups is 6. The summed E-state index contributed by atoms with van der Waals surface area (Å²) >= 11 is 0. The summed E-state index contributed by atoms with van der Waals surface area (Å²) < 4.78 is 4.30. The number of nitrogens with one attached hydrogen (secondary N) is 2. The highest BCUT2D eigenvalue weighted by molar-refractivity contribution is 6.07. The molecule has 3 fully saturated rings. The number of hydrogen-bond acceptors (Lipinski definition) is 18. The minimum absolute atomic E-state index is 0.0143. The molecule has 2 aromatic carbocycles. The number of benzene rings is 2. The highest BCUT2D eigenvalue weighted by atomic mass is 16.3. The van der Waals surface area contributed by atoms with Crippen LogP contribution in [0.5, 0.6) is 0 Å². The molecule has 0 spiro atoms. The van der Waals surface area contributed by atoms with E-state index in [4.69, 9.17) is 19.9 Å². The zero-order chi connectivity index (χ0) is 74.6. The molecule has 107 heavy (non-hydrogen) atoms. The van der Waals surface area contributed by atoms with Crippen molar-refractivity contribution in [3.05, 3.63) is 189 Å². The van der Waals surface area contributed by atoms with Gasteiger partial charge in [-0.25, -0.2) is 9.97 Å². The smallest absolute Gasteiger partial charge is 0.260 e. The number of imidazole rings is 2. The number of piperazine rings is 2. The number of β-lactam (4-membered cyclic amide) rings is 1. The SMILES string of the molecule is CC(=O)CC(=O)CCc1ccc(CCCC(=O)NCCCCN(Cc2nc3cccc(N4CCN(C)CC4)n3c2CO)[C@H]2CCCc3cccnc32)cc1.CN1CCN(c2cccc3nc(CN(CCCCNC(=O)CCCc4ccc(C(=O)N5CCC5=O)cc4)[C@H]4CCCc5cccnc54)c(CO)n23)CC1. The van der Waals surface area contributed by atoms with Gasteiger partial charge in [0, 0.05) is 129 Å². The molecule has 0 saturated carbocycles. The Morgan fingerprint density at radius 1 is 0.514 bits per heavy atom. The minimum atomic E-state index is -0.240. The zero-order valence-electron chi connectivity index (χ0n) is 63.0. The van der Waals surface area contributed by atoms with Gasteiger partial charge in [-0.2, -0.15) is 0 Å². The maximum atomic E-state index is 12.7. The molecule has 9 heterocycles. The molecule has 0 bridgehead atoms. The van der Waals surface area contributed by atoms with E-state index in [0.29, 0.717) is 76.8 Å². The Bertz CT molecular complexity index is 4310. The molecule has 3 aliphatic heterocycles. The van der Waals surface area contributed by atoms with Gasteiger partial charge in [-0.05, 0) is 207 Å². The van der Waals surface area contributed by atoms with E-state index < -0.39 is 0 Å². The Hall–Kier alpha value is -9.10. The highest BCUT2D eigenvalue weighted by Gasteiger charge is 2.33. The van der Waals surface area contributed by atoms with Crippen LogP contribution in [0.1, 0.15) is 188 Å². The highest BCUT2D eigenvalue weighted by Crippen LogP contribution is 2.37. The second-order valence-corrected chi connectivity index (χ2v) is 29.8. The first-order valence-corrected chi connectivity index (χ1v) is 39.2. The maximum absolute atomic E-state index is 12.7. The lowest BCUT2D eigenvalue weighted by Gasteiger charge is -2.35. The largest absolute Gasteiger partial charge is 0.390 e. The van der Waals surface area contributed by atoms with Gasteiger partial charge in [-0.3, -0.25) is 62.2 Å². The van der Waals surface area contributed by atoms with E-state index in [1.807, 2.05) is 60.9 Å². The Balaban J connectivity index is 0.000000200. The number of fused-ring (bicyclic) bond motifs is 4. The maximum Gasteiger partial charge on any atom is 0.260 e. The van der Waals surface area contributed by atoms with Crippen LogP contribution in [-0.2, 0) is 82.4 Å². The number of likely N-dealkylation sites (N-methyl/N-ethyl adjacent to an activating group) is 2. The van der Waals surface area contributed by atoms with Crippen LogP contribution in [0.3, 0.4) is 0 Å². The van der Waals surface area contributed by atoms with Gasteiger partial charge in [0.05, 0.1) is 65.9 Å². The van der Waals surface area contributed by atoms with Crippen molar-refractivity contribution in [2.75, 3.05) is 109 Å². The van der Waals surface area contributed by atoms with Crippen molar-refractivity contribution in [3.8, 4) is 0 Å². The summed E-state index contributed by atoms with van der Waals surface area (Å²) in [6.45, 7) is 13.6. The van der Waals surface area contributed by atoms with Crippen molar-refractivity contribution in [3.63, 3.8) is 0 Å². The summed E-state index contributed by atoms with van der Waals surface area (Å²) in [5.74, 6) is 1.82. The summed E-state index contributed by atoms with van der Waals surface area (Å²) in [5.41, 5.74) is 14.0. The normalized spacial score (nSPS) is 16.9. The first kappa shape index (κ1) is 77.5. The average molecular weight is 1460 g/mol. The van der Waals surface area contributed by atoms with Crippen LogP contribution in [0.2, 0.25) is 0 Å². The molecule has 5 aliphatic rings. The lowest BCUT2D eigenvalue weighted by molar-refractivity contribution is -0.136. The molecular weight excluding hydrogens is 1350 g/mol. The van der Waals surface area contributed by atoms with Gasteiger partial charge in [-0.1, -0.05) is 60.7 Å². The fraction of sp³-hybridized carbons (Fsp3) is 0.500. The van der Waals surface area contributed by atoms with E-state index in [1.165, 1.54) is 28.5 Å². The molecule has 0 unspecified atom stereocenters. The van der Waals surface area contributed by atoms with Gasteiger partial charge in [0.1, 0.15) is 34.5 Å². The third-order valence-corrected chi connectivity index (χ3v) is 22.1. The van der Waals surface area contributed by atoms with Crippen molar-refractivity contribution >= 4 is 58.1 Å². The lowest BCUT2D eigenvalue weighted by Crippen LogP contribution is -2.47. The van der Waals surface area contributed by atoms with Crippen molar-refractivity contribution in [2.45, 2.75) is 174 Å². The molecule has 2 atom stereocenters. The van der Waals surface area contributed by atoms with E-state index in [2.05, 4.69) is 111 Å². The number of carbonyl (C=O) groups excluding carboxylic acids is 6. The summed E-state index contributed by atoms with van der Waals surface area (Å²) in [7, 11) is 4.31. The summed E-state index contributed by atoms with van der Waals surface area (Å²) in [6.07, 6.45) is 19.1. The third kappa shape index (κ3) is 20.4. The van der Waals surface area contributed by atoms with E-state index >= 15 is 0 Å². The van der Waals surface area contributed by atoms with Crippen LogP contribution in [0, 0.1) is 0 Å². The number of hydrogen-bond donors (Lipinski definition) is 4. The van der Waals surface area contributed by atoms with Crippen LogP contribution in [0.15, 0.2) is 122 Å². The molecule has 6 aromatic heterocycles. The van der Waals surface area contributed by atoms with Crippen molar-refractivity contribution < 1.29 is 39.0 Å². The summed E-state index contributed by atoms with van der Waals surface area (Å²) in [5, 5.41) is 27.8. The molecule has 568 valence electrons. The Kier molecular flexibility index (Phi) is 27.6. The first-order valence-electron chi connectivity index (χ1n) is 39.2. The Morgan fingerprint density at radius 3 is 1.40 bits per heavy atom. The van der Waals surface area contributed by atoms with Crippen LogP contribution < -0.4 is 20.4 Å². The predicted octanol–water partition coefficient (Wildman–Crippen LogP) is 9.40. The van der Waals surface area contributed by atoms with Crippen LogP contribution in [-0.4, -0.2) is 198 Å². The number of anilines is 2. The summed E-state index contributed by atoms with van der Waals surface area (Å²) in [4.78, 5) is 108. The van der Waals surface area contributed by atoms with Gasteiger partial charge in [0.25, 0.3) is 5.91 Å². The topological polar surface area (TPSA) is 250 Å². The van der Waals surface area contributed by atoms with Crippen molar-refractivity contribution in [1.82, 2.24) is 63.9 Å². The quantitative estimate of drug-likeness (QED) is 0.0127. The molecule has 4 N–H and O–H groups in total. The molecule has 23 nitrogen and oxygen atoms in total. The van der Waals surface area contributed by atoms with E-state index in [0.717, 1.165) is 217 Å². The van der Waals surface area contributed by atoms with Gasteiger partial charge in [-0.15, -0.1) is 0 Å². The number of unbranched alkanes of at least 4 members (excludes halogenated alkanes) is 2. The molecule has 8 aromatic rings. The van der Waals surface area contributed by atoms with Gasteiger partial charge in [0.15, 0.2) is 0 Å². The predicted molar refractivity (Wildman–Crippen MR) is 415 cm³/mol. The van der Waals surface area contributed by atoms with E-state index in [9.17, 15) is 39.0 Å². The number of likely N-dealkylation sites (tertiary alicyclic amines) is 1. The molecule has 3 saturated heterocycles. The Labute approximate surface area is 629 Å². The van der Waals surface area contributed by atoms with E-state index in [-0.39, 0.29) is 66.9 Å². The number of ketones is 2. The molecule has 4 amide bonds. The molecule has 0 radical (unpaired) electrons. The average Bonchev–Trinajstić information content (AvgIpc) is 1.62. The third-order valence-electron chi connectivity index (χ3n) is 22.1. The van der Waals surface area contributed by atoms with Gasteiger partial charge >= 0.3 is 0 Å². The number of imide groups is 1. The monoisotopic (exact) mass is 1460 g/mol. The number of nitrogens with zero attached hydrogens (tertiary/aromatic N) is 13. The minimum Gasteiger partial charge on any atom is -0.390 e. The Morgan fingerprint density at radius 2 is 0.972 bits per heavy atom. The number of amides is 4. The van der Waals surface area contributed by atoms with Crippen molar-refractivity contribution in [1.29, 1.82) is 0 Å². The molecule has 13 rings (SSSR count). The van der Waals surface area contributed by atoms with Crippen LogP contribution in [0.25, 0.3) is 11.3 Å². The second-order valence-electron chi connectivity index (χ2n) is 29.8. The number of aliphatic hydroxyl groups excluding tert-OH is 2. The standard InChI is InChI=1S/C43H57N7O4.C41H52N8O4/c1-32(52)29-36(53)21-20-34-18-16-33(17-19-34)9-5-14-41(54)44-22-3-4-24-49(38-12-6-10-35-11-8-23-45-43(35)38)30-37-39(31-51)50-40(46-37)13-7-15-42(50)48-27-25-47(2)26-28-48;1-45-24-26-46(27-25-45)38-14-6-12-36-44-33(35(29-50)49(36)38)28-47(34-11-5-9-31-10-7-21-43-40(31)34)22-3-2-20-42-37(51)13-4-8-30-15-17-32(18-16-30)41(53)48-23-19-39(48)52/h7-8,11,13,15-19,23,38,51H,3-6,9-10,12,14,20-22,24-31H2,1-2H3,(H,44,54);6-7,10,12,14-18,21,34,50H,2-5,8-9,11,13,19-20,22-29H2,1H3,(H,42,51)/t38-;34-/m00/s1. The number of pyridine rings is 4. The summed E-state index contributed by atoms with van der Waals surface area (Å²) in [6, 6.07) is 36.8. The second kappa shape index (κ2) is 38.1. The lowest BCUT2D eigenvalue weighted by atomic mass is 9.90. The van der Waals surface area contributed by atoms with E-state index in [1.54, 1.807) is 12.1 Å². The van der Waals surface area contributed by atoms with Gasteiger partial charge in [0.2, 0.25) is 17.7 Å². The molecule has 23 heteroatoms. The number of aryl methyl sites for hydroxylation is 5. The van der Waals surface area contributed by atoms with Crippen molar-refractivity contribution in [2.24, 2.45) is 0 Å². The number of aromatic nitrogens is 6. The number of rotatable bonds is 34. The van der Waals surface area contributed by atoms with Crippen LogP contribution >= 0.6 is 0 Å². The number of aliphatic hydroxyl groups is 2.